The molecule has 0 aliphatic heterocycles. The van der Waals surface area contributed by atoms with Crippen molar-refractivity contribution < 1.29 is 28.5 Å². The molecule has 2 atom stereocenters. The van der Waals surface area contributed by atoms with Crippen LogP contribution >= 0.6 is 0 Å². The molecule has 2 unspecified atom stereocenters. The van der Waals surface area contributed by atoms with E-state index in [0.717, 1.165) is 38.9 Å². The largest absolute Gasteiger partial charge is 0.492 e. The minimum atomic E-state index is -0.932. The van der Waals surface area contributed by atoms with Gasteiger partial charge in [0.2, 0.25) is 0 Å². The number of aryl methyl sites for hydroxylation is 1. The van der Waals surface area contributed by atoms with Gasteiger partial charge in [-0.25, -0.2) is 9.59 Å². The molecule has 0 bridgehead atoms. The Kier molecular flexibility index (Phi) is 11.1. The average Bonchev–Trinajstić information content (AvgIpc) is 3.10. The number of hydrogen-bond acceptors (Lipinski definition) is 6. The van der Waals surface area contributed by atoms with Gasteiger partial charge in [-0.1, -0.05) is 115 Å². The van der Waals surface area contributed by atoms with Gasteiger partial charge in [-0.15, -0.1) is 0 Å². The number of rotatable bonds is 14. The molecule has 0 spiro atoms. The van der Waals surface area contributed by atoms with Crippen molar-refractivity contribution in [3.63, 3.8) is 0 Å². The van der Waals surface area contributed by atoms with Gasteiger partial charge >= 0.3 is 12.2 Å². The Labute approximate surface area is 274 Å². The Morgan fingerprint density at radius 3 is 1.55 bits per heavy atom. The molecule has 2 radical (unpaired) electrons. The third-order valence-corrected chi connectivity index (χ3v) is 7.61. The number of para-hydroxylation sites is 2. The summed E-state index contributed by atoms with van der Waals surface area (Å²) < 4.78 is 23.0. The zero-order chi connectivity index (χ0) is 33.0. The second-order valence-electron chi connectivity index (χ2n) is 10.8. The van der Waals surface area contributed by atoms with Crippen LogP contribution in [-0.4, -0.2) is 25.4 Å². The van der Waals surface area contributed by atoms with E-state index in [-0.39, 0.29) is 13.2 Å². The lowest BCUT2D eigenvalue weighted by atomic mass is 9.90. The summed E-state index contributed by atoms with van der Waals surface area (Å²) in [7, 11) is 0. The zero-order valence-corrected chi connectivity index (χ0v) is 26.0. The minimum absolute atomic E-state index is 0.146. The number of ether oxygens (including phenoxy) is 4. The molecule has 0 aliphatic rings. The molecule has 8 nitrogen and oxygen atoms in total. The van der Waals surface area contributed by atoms with Crippen molar-refractivity contribution in [2.24, 2.45) is 11.5 Å². The highest BCUT2D eigenvalue weighted by molar-refractivity contribution is 5.71. The number of benzene rings is 5. The van der Waals surface area contributed by atoms with Crippen molar-refractivity contribution in [1.82, 2.24) is 0 Å². The van der Waals surface area contributed by atoms with E-state index in [9.17, 15) is 9.59 Å². The number of carbonyl (C=O) groups excluding carboxylic acids is 2. The summed E-state index contributed by atoms with van der Waals surface area (Å²) in [6.07, 6.45) is -1.86. The smallest absolute Gasteiger partial charge is 0.404 e. The van der Waals surface area contributed by atoms with E-state index in [4.69, 9.17) is 30.4 Å². The van der Waals surface area contributed by atoms with Gasteiger partial charge < -0.3 is 30.4 Å². The molecule has 0 saturated carbocycles. The van der Waals surface area contributed by atoms with Gasteiger partial charge in [0.05, 0.1) is 25.0 Å². The topological polar surface area (TPSA) is 123 Å². The molecule has 4 N–H and O–H groups in total. The molecular weight excluding hydrogens is 592 g/mol. The predicted octanol–water partition coefficient (Wildman–Crippen LogP) is 8.17. The fraction of sp³-hybridized carbons (Fsp3) is 0.128. The lowest BCUT2D eigenvalue weighted by Gasteiger charge is -2.23. The van der Waals surface area contributed by atoms with Gasteiger partial charge in [0.25, 0.3) is 0 Å². The molecule has 47 heavy (non-hydrogen) atoms. The van der Waals surface area contributed by atoms with Crippen LogP contribution in [0.15, 0.2) is 127 Å². The quantitative estimate of drug-likeness (QED) is 0.128. The molecule has 8 heteroatoms. The molecule has 0 aromatic heterocycles. The van der Waals surface area contributed by atoms with E-state index in [0.29, 0.717) is 11.5 Å². The highest BCUT2D eigenvalue weighted by Crippen LogP contribution is 2.34. The highest BCUT2D eigenvalue weighted by atomic mass is 16.6. The molecule has 5 aromatic carbocycles. The normalized spacial score (nSPS) is 12.0. The standard InChI is InChI=1S/C39H36N2O6/c1-27-20-21-30(31(24-46-38(40)42)23-44-36-18-10-8-16-33(36)28-12-4-2-5-13-28)22-35(27)32(26-47-39(41)43)25-45-37-19-11-9-17-34(37)29-14-6-3-7-15-29/h2-22,24,26,31-32H,23,25H2,1H3,(H2,40,42)(H2,41,43). The first-order valence-electron chi connectivity index (χ1n) is 15.1. The molecular formula is C39H36N2O6. The van der Waals surface area contributed by atoms with Crippen molar-refractivity contribution in [2.45, 2.75) is 18.8 Å². The molecule has 0 fully saturated rings. The van der Waals surface area contributed by atoms with E-state index < -0.39 is 24.0 Å². The van der Waals surface area contributed by atoms with Crippen LogP contribution in [0.25, 0.3) is 22.3 Å². The van der Waals surface area contributed by atoms with E-state index in [1.807, 2.05) is 134 Å². The van der Waals surface area contributed by atoms with Crippen molar-refractivity contribution in [2.75, 3.05) is 13.2 Å². The fourth-order valence-electron chi connectivity index (χ4n) is 5.26. The molecule has 5 aromatic rings. The maximum atomic E-state index is 11.7. The Morgan fingerprint density at radius 2 is 1.04 bits per heavy atom. The van der Waals surface area contributed by atoms with Crippen LogP contribution in [0.4, 0.5) is 9.59 Å². The van der Waals surface area contributed by atoms with Crippen LogP contribution in [0.1, 0.15) is 28.5 Å². The Bertz CT molecular complexity index is 1780. The van der Waals surface area contributed by atoms with Crippen LogP contribution in [-0.2, 0) is 9.47 Å². The van der Waals surface area contributed by atoms with Gasteiger partial charge in [-0.05, 0) is 46.9 Å². The fourth-order valence-corrected chi connectivity index (χ4v) is 5.26. The van der Waals surface area contributed by atoms with Crippen LogP contribution in [0.3, 0.4) is 0 Å². The first-order chi connectivity index (χ1) is 22.9. The van der Waals surface area contributed by atoms with Crippen LogP contribution in [0.2, 0.25) is 0 Å². The predicted molar refractivity (Wildman–Crippen MR) is 181 cm³/mol. The SMILES string of the molecule is Cc1ccc(C([CH]OC(N)=O)COc2ccccc2-c2ccccc2)cc1C([CH]OC(N)=O)COc1ccccc1-c1ccccc1. The molecule has 238 valence electrons. The van der Waals surface area contributed by atoms with E-state index in [1.54, 1.807) is 0 Å². The third kappa shape index (κ3) is 8.92. The molecule has 5 rings (SSSR count). The van der Waals surface area contributed by atoms with E-state index in [2.05, 4.69) is 0 Å². The zero-order valence-electron chi connectivity index (χ0n) is 26.0. The highest BCUT2D eigenvalue weighted by Gasteiger charge is 2.23. The Balaban J connectivity index is 1.42. The van der Waals surface area contributed by atoms with E-state index in [1.165, 1.54) is 13.2 Å². The summed E-state index contributed by atoms with van der Waals surface area (Å²) in [6.45, 7) is 4.99. The first kappa shape index (κ1) is 32.6. The van der Waals surface area contributed by atoms with Crippen LogP contribution in [0.5, 0.6) is 11.5 Å². The Morgan fingerprint density at radius 1 is 0.596 bits per heavy atom. The lowest BCUT2D eigenvalue weighted by molar-refractivity contribution is 0.168. The maximum absolute atomic E-state index is 11.7. The van der Waals surface area contributed by atoms with Gasteiger partial charge in [0.15, 0.2) is 13.2 Å². The van der Waals surface area contributed by atoms with Gasteiger partial charge in [-0.2, -0.15) is 0 Å². The average molecular weight is 629 g/mol. The summed E-state index contributed by atoms with van der Waals surface area (Å²) in [5.74, 6) is 0.360. The second kappa shape index (κ2) is 16.0. The second-order valence-corrected chi connectivity index (χ2v) is 10.8. The van der Waals surface area contributed by atoms with Crippen LogP contribution in [0, 0.1) is 20.1 Å². The maximum Gasteiger partial charge on any atom is 0.404 e. The molecule has 2 amide bonds. The molecule has 0 heterocycles. The summed E-state index contributed by atoms with van der Waals surface area (Å²) in [6, 6.07) is 41.1. The third-order valence-electron chi connectivity index (χ3n) is 7.61. The minimum Gasteiger partial charge on any atom is -0.492 e. The summed E-state index contributed by atoms with van der Waals surface area (Å²) in [4.78, 5) is 23.3. The van der Waals surface area contributed by atoms with Crippen molar-refractivity contribution in [3.8, 4) is 33.8 Å². The molecule has 0 saturated heterocycles. The van der Waals surface area contributed by atoms with Crippen molar-refractivity contribution in [3.05, 3.63) is 157 Å². The number of amides is 2. The van der Waals surface area contributed by atoms with Crippen molar-refractivity contribution >= 4 is 12.2 Å². The number of nitrogens with two attached hydrogens (primary N) is 2. The van der Waals surface area contributed by atoms with Gasteiger partial charge in [0, 0.05) is 11.1 Å². The number of carbonyl (C=O) groups is 2. The van der Waals surface area contributed by atoms with E-state index >= 15 is 0 Å². The number of hydrogen-bond donors (Lipinski definition) is 2. The Hall–Kier alpha value is -5.76. The van der Waals surface area contributed by atoms with Gasteiger partial charge in [0.1, 0.15) is 11.5 Å². The van der Waals surface area contributed by atoms with Crippen molar-refractivity contribution in [1.29, 1.82) is 0 Å². The first-order valence-corrected chi connectivity index (χ1v) is 15.1. The number of primary amides is 2. The monoisotopic (exact) mass is 628 g/mol. The molecule has 0 aliphatic carbocycles. The lowest BCUT2D eigenvalue weighted by Crippen LogP contribution is -2.20. The summed E-state index contributed by atoms with van der Waals surface area (Å²) in [5.41, 5.74) is 17.1. The van der Waals surface area contributed by atoms with Gasteiger partial charge in [-0.3, -0.25) is 0 Å². The summed E-state index contributed by atoms with van der Waals surface area (Å²) >= 11 is 0. The van der Waals surface area contributed by atoms with Crippen LogP contribution < -0.4 is 20.9 Å². The summed E-state index contributed by atoms with van der Waals surface area (Å²) in [5, 5.41) is 0.